The summed E-state index contributed by atoms with van der Waals surface area (Å²) in [6.07, 6.45) is 3.55. The highest BCUT2D eigenvalue weighted by molar-refractivity contribution is 6.30. The van der Waals surface area contributed by atoms with Crippen molar-refractivity contribution in [2.24, 2.45) is 0 Å². The summed E-state index contributed by atoms with van der Waals surface area (Å²) in [4.78, 5) is 16.0. The molecule has 4 rings (SSSR count). The molecule has 1 aromatic carbocycles. The van der Waals surface area contributed by atoms with E-state index in [0.717, 1.165) is 48.8 Å². The lowest BCUT2D eigenvalue weighted by Gasteiger charge is -2.28. The van der Waals surface area contributed by atoms with Crippen molar-refractivity contribution in [1.82, 2.24) is 20.3 Å². The van der Waals surface area contributed by atoms with Gasteiger partial charge in [-0.2, -0.15) is 0 Å². The van der Waals surface area contributed by atoms with E-state index in [2.05, 4.69) is 21.3 Å². The van der Waals surface area contributed by atoms with E-state index in [1.807, 2.05) is 36.4 Å². The molecule has 134 valence electrons. The Balaban J connectivity index is 0.00000196. The molecule has 5 nitrogen and oxygen atoms in total. The summed E-state index contributed by atoms with van der Waals surface area (Å²) in [5, 5.41) is 4.09. The molecule has 0 amide bonds. The van der Waals surface area contributed by atoms with Crippen LogP contribution in [0.2, 0.25) is 5.02 Å². The van der Waals surface area contributed by atoms with Crippen molar-refractivity contribution in [3.8, 4) is 22.6 Å². The van der Waals surface area contributed by atoms with Gasteiger partial charge in [-0.3, -0.25) is 4.98 Å². The topological polar surface area (TPSA) is 53.9 Å². The lowest BCUT2D eigenvalue weighted by molar-refractivity contribution is 0.585. The van der Waals surface area contributed by atoms with Gasteiger partial charge in [-0.15, -0.1) is 12.4 Å². The Morgan fingerprint density at radius 1 is 0.962 bits per heavy atom. The average Bonchev–Trinajstić information content (AvgIpc) is 2.69. The van der Waals surface area contributed by atoms with Gasteiger partial charge in [0.25, 0.3) is 0 Å². The Morgan fingerprint density at radius 3 is 2.42 bits per heavy atom. The number of rotatable bonds is 3. The van der Waals surface area contributed by atoms with Crippen LogP contribution in [-0.4, -0.2) is 41.1 Å². The molecule has 0 atom stereocenters. The van der Waals surface area contributed by atoms with Crippen LogP contribution in [0.15, 0.2) is 54.9 Å². The number of aromatic nitrogens is 3. The summed E-state index contributed by atoms with van der Waals surface area (Å²) < 4.78 is 0. The van der Waals surface area contributed by atoms with Gasteiger partial charge in [0, 0.05) is 60.8 Å². The number of hydrogen-bond donors (Lipinski definition) is 1. The molecule has 0 unspecified atom stereocenters. The Bertz CT molecular complexity index is 850. The predicted molar refractivity (Wildman–Crippen MR) is 108 cm³/mol. The van der Waals surface area contributed by atoms with Crippen molar-refractivity contribution in [2.75, 3.05) is 31.1 Å². The second kappa shape index (κ2) is 8.45. The molecule has 3 heterocycles. The van der Waals surface area contributed by atoms with E-state index in [4.69, 9.17) is 21.6 Å². The van der Waals surface area contributed by atoms with Crippen molar-refractivity contribution in [2.45, 2.75) is 0 Å². The number of halogens is 2. The monoisotopic (exact) mass is 387 g/mol. The van der Waals surface area contributed by atoms with Gasteiger partial charge in [0.2, 0.25) is 0 Å². The first-order valence-electron chi connectivity index (χ1n) is 8.31. The number of nitrogens with zero attached hydrogens (tertiary/aromatic N) is 4. The fraction of sp³-hybridized carbons (Fsp3) is 0.211. The maximum absolute atomic E-state index is 6.02. The van der Waals surface area contributed by atoms with Gasteiger partial charge in [-0.05, 0) is 24.3 Å². The van der Waals surface area contributed by atoms with Gasteiger partial charge < -0.3 is 10.2 Å². The Kier molecular flexibility index (Phi) is 6.04. The lowest BCUT2D eigenvalue weighted by Crippen LogP contribution is -2.44. The molecule has 26 heavy (non-hydrogen) atoms. The van der Waals surface area contributed by atoms with Gasteiger partial charge >= 0.3 is 0 Å². The van der Waals surface area contributed by atoms with E-state index in [-0.39, 0.29) is 12.4 Å². The lowest BCUT2D eigenvalue weighted by atomic mass is 10.1. The number of piperazine rings is 1. The van der Waals surface area contributed by atoms with E-state index in [9.17, 15) is 0 Å². The minimum absolute atomic E-state index is 0. The summed E-state index contributed by atoms with van der Waals surface area (Å²) in [6.45, 7) is 3.79. The standard InChI is InChI=1S/C19H18ClN5.ClH/c20-16-5-3-14(4-6-16)17-12-18(25-10-8-21-9-11-25)24-19(23-17)15-2-1-7-22-13-15;/h1-7,12-13,21H,8-11H2;1H. The van der Waals surface area contributed by atoms with Gasteiger partial charge in [0.1, 0.15) is 5.82 Å². The zero-order chi connectivity index (χ0) is 17.1. The van der Waals surface area contributed by atoms with Crippen LogP contribution in [0.4, 0.5) is 5.82 Å². The minimum atomic E-state index is 0. The molecule has 1 N–H and O–H groups in total. The van der Waals surface area contributed by atoms with Crippen LogP contribution < -0.4 is 10.2 Å². The van der Waals surface area contributed by atoms with Crippen LogP contribution >= 0.6 is 24.0 Å². The summed E-state index contributed by atoms with van der Waals surface area (Å²) in [5.74, 6) is 1.63. The molecule has 1 aliphatic heterocycles. The van der Waals surface area contributed by atoms with Crippen molar-refractivity contribution in [1.29, 1.82) is 0 Å². The summed E-state index contributed by atoms with van der Waals surface area (Å²) >= 11 is 6.02. The summed E-state index contributed by atoms with van der Waals surface area (Å²) in [5.41, 5.74) is 2.82. The minimum Gasteiger partial charge on any atom is -0.354 e. The Labute approximate surface area is 163 Å². The third-order valence-corrected chi connectivity index (χ3v) is 4.47. The zero-order valence-corrected chi connectivity index (χ0v) is 15.7. The second-order valence-electron chi connectivity index (χ2n) is 5.92. The molecular weight excluding hydrogens is 369 g/mol. The third-order valence-electron chi connectivity index (χ3n) is 4.21. The molecule has 1 aliphatic rings. The van der Waals surface area contributed by atoms with E-state index in [1.165, 1.54) is 0 Å². The first kappa shape index (κ1) is 18.6. The summed E-state index contributed by atoms with van der Waals surface area (Å²) in [6, 6.07) is 13.7. The number of pyridine rings is 1. The average molecular weight is 388 g/mol. The maximum atomic E-state index is 6.02. The number of anilines is 1. The van der Waals surface area contributed by atoms with Gasteiger partial charge in [-0.25, -0.2) is 9.97 Å². The molecule has 0 saturated carbocycles. The number of benzene rings is 1. The molecule has 0 radical (unpaired) electrons. The normalized spacial score (nSPS) is 14.0. The maximum Gasteiger partial charge on any atom is 0.163 e. The SMILES string of the molecule is Cl.Clc1ccc(-c2cc(N3CCNCC3)nc(-c3cccnc3)n2)cc1. The zero-order valence-electron chi connectivity index (χ0n) is 14.1. The van der Waals surface area contributed by atoms with Crippen LogP contribution in [0.1, 0.15) is 0 Å². The molecule has 2 aromatic heterocycles. The van der Waals surface area contributed by atoms with Crippen LogP contribution in [0.3, 0.4) is 0 Å². The van der Waals surface area contributed by atoms with Gasteiger partial charge in [0.15, 0.2) is 5.82 Å². The highest BCUT2D eigenvalue weighted by atomic mass is 35.5. The van der Waals surface area contributed by atoms with E-state index >= 15 is 0 Å². The fourth-order valence-corrected chi connectivity index (χ4v) is 3.01. The second-order valence-corrected chi connectivity index (χ2v) is 6.36. The van der Waals surface area contributed by atoms with E-state index in [1.54, 1.807) is 12.4 Å². The Hall–Kier alpha value is -2.21. The molecule has 1 saturated heterocycles. The van der Waals surface area contributed by atoms with Crippen LogP contribution in [0, 0.1) is 0 Å². The number of nitrogens with one attached hydrogen (secondary N) is 1. The van der Waals surface area contributed by atoms with Crippen molar-refractivity contribution >= 4 is 29.8 Å². The van der Waals surface area contributed by atoms with E-state index in [0.29, 0.717) is 10.8 Å². The highest BCUT2D eigenvalue weighted by Gasteiger charge is 2.16. The summed E-state index contributed by atoms with van der Waals surface area (Å²) in [7, 11) is 0. The molecule has 1 fully saturated rings. The predicted octanol–water partition coefficient (Wildman–Crippen LogP) is 3.69. The first-order valence-corrected chi connectivity index (χ1v) is 8.68. The molecule has 7 heteroatoms. The van der Waals surface area contributed by atoms with Crippen molar-refractivity contribution in [3.05, 3.63) is 59.9 Å². The van der Waals surface area contributed by atoms with Crippen molar-refractivity contribution < 1.29 is 0 Å². The fourth-order valence-electron chi connectivity index (χ4n) is 2.88. The molecule has 0 bridgehead atoms. The molecule has 3 aromatic rings. The quantitative estimate of drug-likeness (QED) is 0.742. The highest BCUT2D eigenvalue weighted by Crippen LogP contribution is 2.27. The number of hydrogen-bond acceptors (Lipinski definition) is 5. The smallest absolute Gasteiger partial charge is 0.163 e. The third kappa shape index (κ3) is 4.12. The van der Waals surface area contributed by atoms with Gasteiger partial charge in [-0.1, -0.05) is 23.7 Å². The largest absolute Gasteiger partial charge is 0.354 e. The molecule has 0 spiro atoms. The van der Waals surface area contributed by atoms with Crippen LogP contribution in [0.25, 0.3) is 22.6 Å². The molecular formula is C19H19Cl2N5. The first-order chi connectivity index (χ1) is 12.3. The van der Waals surface area contributed by atoms with Crippen LogP contribution in [0.5, 0.6) is 0 Å². The molecule has 0 aliphatic carbocycles. The van der Waals surface area contributed by atoms with E-state index < -0.39 is 0 Å². The Morgan fingerprint density at radius 2 is 1.73 bits per heavy atom. The van der Waals surface area contributed by atoms with Crippen molar-refractivity contribution in [3.63, 3.8) is 0 Å². The van der Waals surface area contributed by atoms with Crippen LogP contribution in [-0.2, 0) is 0 Å². The van der Waals surface area contributed by atoms with Gasteiger partial charge in [0.05, 0.1) is 5.69 Å².